The second-order valence-corrected chi connectivity index (χ2v) is 4.64. The number of aromatic nitrogens is 1. The molecular formula is C14H13NO3. The molecule has 0 radical (unpaired) electrons. The number of rotatable bonds is 3. The summed E-state index contributed by atoms with van der Waals surface area (Å²) in [4.78, 5) is 15.8. The standard InChI is InChI=1S/C14H13NO3/c1-8-7-10(14(16)17)13(9-4-5-9)15-12(8)11-3-2-6-18-11/h2-3,6-7,9H,4-5H2,1H3,(H,16,17). The average molecular weight is 243 g/mol. The van der Waals surface area contributed by atoms with Crippen molar-refractivity contribution in [1.82, 2.24) is 4.98 Å². The van der Waals surface area contributed by atoms with E-state index in [0.29, 0.717) is 22.9 Å². The van der Waals surface area contributed by atoms with Crippen molar-refractivity contribution in [2.24, 2.45) is 0 Å². The smallest absolute Gasteiger partial charge is 0.337 e. The van der Waals surface area contributed by atoms with Crippen molar-refractivity contribution in [3.63, 3.8) is 0 Å². The van der Waals surface area contributed by atoms with Gasteiger partial charge in [-0.1, -0.05) is 0 Å². The highest BCUT2D eigenvalue weighted by Crippen LogP contribution is 2.42. The topological polar surface area (TPSA) is 63.3 Å². The summed E-state index contributed by atoms with van der Waals surface area (Å²) >= 11 is 0. The SMILES string of the molecule is Cc1cc(C(=O)O)c(C2CC2)nc1-c1ccco1. The number of pyridine rings is 1. The molecule has 0 aliphatic heterocycles. The van der Waals surface area contributed by atoms with Gasteiger partial charge in [0.25, 0.3) is 0 Å². The van der Waals surface area contributed by atoms with E-state index in [1.54, 1.807) is 18.4 Å². The summed E-state index contributed by atoms with van der Waals surface area (Å²) in [6.07, 6.45) is 3.64. The van der Waals surface area contributed by atoms with Gasteiger partial charge in [0.1, 0.15) is 5.69 Å². The van der Waals surface area contributed by atoms with Gasteiger partial charge in [-0.15, -0.1) is 0 Å². The largest absolute Gasteiger partial charge is 0.478 e. The van der Waals surface area contributed by atoms with Crippen LogP contribution in [-0.2, 0) is 0 Å². The maximum absolute atomic E-state index is 11.2. The molecule has 1 aliphatic rings. The Labute approximate surface area is 104 Å². The van der Waals surface area contributed by atoms with Crippen LogP contribution in [-0.4, -0.2) is 16.1 Å². The molecule has 92 valence electrons. The summed E-state index contributed by atoms with van der Waals surface area (Å²) in [6, 6.07) is 5.34. The molecule has 1 fully saturated rings. The summed E-state index contributed by atoms with van der Waals surface area (Å²) in [7, 11) is 0. The zero-order valence-electron chi connectivity index (χ0n) is 10.0. The average Bonchev–Trinajstić information content (AvgIpc) is 3.04. The highest BCUT2D eigenvalue weighted by molar-refractivity contribution is 5.90. The first kappa shape index (κ1) is 11.0. The molecular weight excluding hydrogens is 230 g/mol. The Morgan fingerprint density at radius 3 is 2.83 bits per heavy atom. The van der Waals surface area contributed by atoms with E-state index in [9.17, 15) is 9.90 Å². The minimum absolute atomic E-state index is 0.297. The van der Waals surface area contributed by atoms with Crippen molar-refractivity contribution in [2.45, 2.75) is 25.7 Å². The number of hydrogen-bond acceptors (Lipinski definition) is 3. The zero-order chi connectivity index (χ0) is 12.7. The summed E-state index contributed by atoms with van der Waals surface area (Å²) in [5, 5.41) is 9.22. The molecule has 0 unspecified atom stereocenters. The van der Waals surface area contributed by atoms with E-state index in [1.165, 1.54) is 0 Å². The fraction of sp³-hybridized carbons (Fsp3) is 0.286. The summed E-state index contributed by atoms with van der Waals surface area (Å²) in [5.74, 6) is 0.0789. The van der Waals surface area contributed by atoms with Crippen molar-refractivity contribution in [3.8, 4) is 11.5 Å². The number of hydrogen-bond donors (Lipinski definition) is 1. The Hall–Kier alpha value is -2.10. The van der Waals surface area contributed by atoms with Crippen LogP contribution in [0.5, 0.6) is 0 Å². The number of nitrogens with zero attached hydrogens (tertiary/aromatic N) is 1. The van der Waals surface area contributed by atoms with Crippen molar-refractivity contribution < 1.29 is 14.3 Å². The van der Waals surface area contributed by atoms with Crippen LogP contribution in [0.1, 0.15) is 40.4 Å². The summed E-state index contributed by atoms with van der Waals surface area (Å²) in [6.45, 7) is 1.86. The second kappa shape index (κ2) is 3.98. The van der Waals surface area contributed by atoms with E-state index >= 15 is 0 Å². The first-order chi connectivity index (χ1) is 8.66. The maximum Gasteiger partial charge on any atom is 0.337 e. The van der Waals surface area contributed by atoms with E-state index < -0.39 is 5.97 Å². The third kappa shape index (κ3) is 1.79. The first-order valence-electron chi connectivity index (χ1n) is 5.95. The number of carboxylic acids is 1. The molecule has 4 nitrogen and oxygen atoms in total. The molecule has 1 saturated carbocycles. The Morgan fingerprint density at radius 1 is 1.50 bits per heavy atom. The summed E-state index contributed by atoms with van der Waals surface area (Å²) in [5.41, 5.74) is 2.59. The van der Waals surface area contributed by atoms with E-state index in [0.717, 1.165) is 24.1 Å². The monoisotopic (exact) mass is 243 g/mol. The van der Waals surface area contributed by atoms with Crippen LogP contribution >= 0.6 is 0 Å². The van der Waals surface area contributed by atoms with Crippen LogP contribution in [0.3, 0.4) is 0 Å². The van der Waals surface area contributed by atoms with E-state index in [-0.39, 0.29) is 0 Å². The van der Waals surface area contributed by atoms with Gasteiger partial charge in [-0.3, -0.25) is 0 Å². The van der Waals surface area contributed by atoms with Crippen molar-refractivity contribution >= 4 is 5.97 Å². The maximum atomic E-state index is 11.2. The number of carboxylic acid groups (broad SMARTS) is 1. The highest BCUT2D eigenvalue weighted by atomic mass is 16.4. The molecule has 2 aromatic heterocycles. The molecule has 0 bridgehead atoms. The quantitative estimate of drug-likeness (QED) is 0.898. The van der Waals surface area contributed by atoms with Gasteiger partial charge in [0.05, 0.1) is 17.5 Å². The zero-order valence-corrected chi connectivity index (χ0v) is 10.0. The number of furan rings is 1. The van der Waals surface area contributed by atoms with Gasteiger partial charge in [-0.25, -0.2) is 9.78 Å². The van der Waals surface area contributed by atoms with Gasteiger partial charge in [0.2, 0.25) is 0 Å². The van der Waals surface area contributed by atoms with E-state index in [1.807, 2.05) is 13.0 Å². The van der Waals surface area contributed by atoms with Crippen LogP contribution in [0.15, 0.2) is 28.9 Å². The van der Waals surface area contributed by atoms with Crippen LogP contribution in [0, 0.1) is 6.92 Å². The Bertz CT molecular complexity index is 598. The molecule has 0 atom stereocenters. The van der Waals surface area contributed by atoms with Crippen LogP contribution in [0.2, 0.25) is 0 Å². The predicted molar refractivity (Wildman–Crippen MR) is 65.6 cm³/mol. The molecule has 1 aliphatic carbocycles. The molecule has 2 aromatic rings. The Morgan fingerprint density at radius 2 is 2.28 bits per heavy atom. The molecule has 0 amide bonds. The Balaban J connectivity index is 2.17. The molecule has 0 spiro atoms. The lowest BCUT2D eigenvalue weighted by atomic mass is 10.0. The lowest BCUT2D eigenvalue weighted by Crippen LogP contribution is -2.06. The molecule has 1 N–H and O–H groups in total. The van der Waals surface area contributed by atoms with Gasteiger partial charge < -0.3 is 9.52 Å². The van der Waals surface area contributed by atoms with Crippen molar-refractivity contribution in [3.05, 3.63) is 41.3 Å². The predicted octanol–water partition coefficient (Wildman–Crippen LogP) is 3.23. The molecule has 0 saturated heterocycles. The lowest BCUT2D eigenvalue weighted by Gasteiger charge is -2.09. The molecule has 4 heteroatoms. The lowest BCUT2D eigenvalue weighted by molar-refractivity contribution is 0.0695. The van der Waals surface area contributed by atoms with Gasteiger partial charge >= 0.3 is 5.97 Å². The third-order valence-electron chi connectivity index (χ3n) is 3.19. The number of aryl methyl sites for hydroxylation is 1. The van der Waals surface area contributed by atoms with E-state index in [4.69, 9.17) is 4.42 Å². The molecule has 18 heavy (non-hydrogen) atoms. The van der Waals surface area contributed by atoms with Crippen molar-refractivity contribution in [1.29, 1.82) is 0 Å². The van der Waals surface area contributed by atoms with Crippen LogP contribution in [0.4, 0.5) is 0 Å². The van der Waals surface area contributed by atoms with Crippen LogP contribution in [0.25, 0.3) is 11.5 Å². The number of carbonyl (C=O) groups is 1. The fourth-order valence-corrected chi connectivity index (χ4v) is 2.13. The van der Waals surface area contributed by atoms with Crippen LogP contribution < -0.4 is 0 Å². The van der Waals surface area contributed by atoms with Gasteiger partial charge in [-0.05, 0) is 43.5 Å². The normalized spacial score (nSPS) is 14.7. The van der Waals surface area contributed by atoms with Crippen molar-refractivity contribution in [2.75, 3.05) is 0 Å². The Kier molecular flexibility index (Phi) is 2.44. The molecule has 0 aromatic carbocycles. The van der Waals surface area contributed by atoms with E-state index in [2.05, 4.69) is 4.98 Å². The third-order valence-corrected chi connectivity index (χ3v) is 3.19. The second-order valence-electron chi connectivity index (χ2n) is 4.64. The fourth-order valence-electron chi connectivity index (χ4n) is 2.13. The minimum Gasteiger partial charge on any atom is -0.478 e. The van der Waals surface area contributed by atoms with Gasteiger partial charge in [-0.2, -0.15) is 0 Å². The number of aromatic carboxylic acids is 1. The first-order valence-corrected chi connectivity index (χ1v) is 5.95. The molecule has 3 rings (SSSR count). The molecule has 2 heterocycles. The minimum atomic E-state index is -0.904. The summed E-state index contributed by atoms with van der Waals surface area (Å²) < 4.78 is 5.35. The van der Waals surface area contributed by atoms with Gasteiger partial charge in [0, 0.05) is 5.92 Å². The van der Waals surface area contributed by atoms with Gasteiger partial charge in [0.15, 0.2) is 5.76 Å². The highest BCUT2D eigenvalue weighted by Gasteiger charge is 2.30.